The third-order valence-corrected chi connectivity index (χ3v) is 5.25. The third-order valence-electron chi connectivity index (χ3n) is 2.67. The number of nitrogens with zero attached hydrogens (tertiary/aromatic N) is 2. The summed E-state index contributed by atoms with van der Waals surface area (Å²) >= 11 is 1.53. The van der Waals surface area contributed by atoms with Crippen LogP contribution < -0.4 is 5.73 Å². The SMILES string of the molecule is CN(Cc1cccs1)S(=O)(=O)c1ccc(CN)cn1. The molecule has 0 unspecified atom stereocenters. The van der Waals surface area contributed by atoms with Crippen LogP contribution in [0.25, 0.3) is 0 Å². The molecule has 0 radical (unpaired) electrons. The lowest BCUT2D eigenvalue weighted by Crippen LogP contribution is -2.26. The molecule has 0 fully saturated rings. The summed E-state index contributed by atoms with van der Waals surface area (Å²) in [6.07, 6.45) is 1.49. The van der Waals surface area contributed by atoms with Crippen molar-refractivity contribution < 1.29 is 8.42 Å². The second-order valence-corrected chi connectivity index (χ2v) is 7.07. The van der Waals surface area contributed by atoms with Gasteiger partial charge in [-0.05, 0) is 23.1 Å². The second kappa shape index (κ2) is 5.79. The van der Waals surface area contributed by atoms with Crippen molar-refractivity contribution in [1.29, 1.82) is 0 Å². The molecule has 0 amide bonds. The summed E-state index contributed by atoms with van der Waals surface area (Å²) in [5.74, 6) is 0. The van der Waals surface area contributed by atoms with E-state index in [9.17, 15) is 8.42 Å². The van der Waals surface area contributed by atoms with Crippen LogP contribution in [0.4, 0.5) is 0 Å². The highest BCUT2D eigenvalue weighted by atomic mass is 32.2. The fraction of sp³-hybridized carbons (Fsp3) is 0.250. The second-order valence-electron chi connectivity index (χ2n) is 4.05. The van der Waals surface area contributed by atoms with E-state index in [-0.39, 0.29) is 5.03 Å². The predicted octanol–water partition coefficient (Wildman–Crippen LogP) is 1.42. The average Bonchev–Trinajstić information content (AvgIpc) is 2.91. The standard InChI is InChI=1S/C12H15N3O2S2/c1-15(9-11-3-2-6-18-11)19(16,17)12-5-4-10(7-13)8-14-12/h2-6,8H,7,9,13H2,1H3. The van der Waals surface area contributed by atoms with Crippen molar-refractivity contribution in [2.75, 3.05) is 7.05 Å². The van der Waals surface area contributed by atoms with Crippen LogP contribution in [0.3, 0.4) is 0 Å². The summed E-state index contributed by atoms with van der Waals surface area (Å²) in [7, 11) is -2.00. The highest BCUT2D eigenvalue weighted by Gasteiger charge is 2.22. The minimum absolute atomic E-state index is 0.0451. The molecule has 0 aliphatic rings. The van der Waals surface area contributed by atoms with Gasteiger partial charge in [-0.15, -0.1) is 11.3 Å². The first kappa shape index (κ1) is 14.1. The van der Waals surface area contributed by atoms with Gasteiger partial charge in [-0.1, -0.05) is 12.1 Å². The molecule has 0 bridgehead atoms. The van der Waals surface area contributed by atoms with Crippen molar-refractivity contribution in [2.24, 2.45) is 5.73 Å². The molecule has 0 atom stereocenters. The van der Waals surface area contributed by atoms with E-state index in [0.29, 0.717) is 13.1 Å². The number of rotatable bonds is 5. The molecule has 0 aliphatic heterocycles. The van der Waals surface area contributed by atoms with Crippen LogP contribution in [0.15, 0.2) is 40.9 Å². The fourth-order valence-corrected chi connectivity index (χ4v) is 3.44. The lowest BCUT2D eigenvalue weighted by atomic mass is 10.3. The van der Waals surface area contributed by atoms with Gasteiger partial charge in [0.25, 0.3) is 10.0 Å². The van der Waals surface area contributed by atoms with E-state index in [0.717, 1.165) is 10.4 Å². The molecular weight excluding hydrogens is 282 g/mol. The van der Waals surface area contributed by atoms with Crippen molar-refractivity contribution in [3.8, 4) is 0 Å². The molecule has 0 aliphatic carbocycles. The Kier molecular flexibility index (Phi) is 4.31. The van der Waals surface area contributed by atoms with Crippen LogP contribution in [0.1, 0.15) is 10.4 Å². The third kappa shape index (κ3) is 3.19. The number of hydrogen-bond acceptors (Lipinski definition) is 5. The fourth-order valence-electron chi connectivity index (χ4n) is 1.55. The van der Waals surface area contributed by atoms with Gasteiger partial charge in [0, 0.05) is 31.2 Å². The lowest BCUT2D eigenvalue weighted by molar-refractivity contribution is 0.466. The molecule has 2 rings (SSSR count). The first-order chi connectivity index (χ1) is 9.04. The molecule has 2 aromatic rings. The molecule has 0 saturated heterocycles. The van der Waals surface area contributed by atoms with E-state index >= 15 is 0 Å². The van der Waals surface area contributed by atoms with Crippen LogP contribution in [-0.4, -0.2) is 24.8 Å². The van der Waals surface area contributed by atoms with E-state index in [1.54, 1.807) is 13.1 Å². The molecule has 0 aromatic carbocycles. The molecule has 0 spiro atoms. The minimum Gasteiger partial charge on any atom is -0.326 e. The van der Waals surface area contributed by atoms with Gasteiger partial charge < -0.3 is 5.73 Å². The zero-order chi connectivity index (χ0) is 13.9. The van der Waals surface area contributed by atoms with Crippen molar-refractivity contribution in [3.63, 3.8) is 0 Å². The van der Waals surface area contributed by atoms with E-state index in [1.165, 1.54) is 27.9 Å². The van der Waals surface area contributed by atoms with E-state index < -0.39 is 10.0 Å². The Morgan fingerprint density at radius 3 is 2.68 bits per heavy atom. The predicted molar refractivity (Wildman–Crippen MR) is 75.1 cm³/mol. The largest absolute Gasteiger partial charge is 0.326 e. The first-order valence-electron chi connectivity index (χ1n) is 5.68. The van der Waals surface area contributed by atoms with Crippen molar-refractivity contribution in [2.45, 2.75) is 18.1 Å². The summed E-state index contributed by atoms with van der Waals surface area (Å²) in [6.45, 7) is 0.693. The number of pyridine rings is 1. The van der Waals surface area contributed by atoms with E-state index in [1.807, 2.05) is 17.5 Å². The van der Waals surface area contributed by atoms with Crippen molar-refractivity contribution >= 4 is 21.4 Å². The molecule has 2 aromatic heterocycles. The smallest absolute Gasteiger partial charge is 0.260 e. The molecule has 7 heteroatoms. The maximum Gasteiger partial charge on any atom is 0.260 e. The summed E-state index contributed by atoms with van der Waals surface area (Å²) in [4.78, 5) is 4.96. The summed E-state index contributed by atoms with van der Waals surface area (Å²) < 4.78 is 25.9. The highest BCUT2D eigenvalue weighted by molar-refractivity contribution is 7.89. The maximum absolute atomic E-state index is 12.3. The monoisotopic (exact) mass is 297 g/mol. The first-order valence-corrected chi connectivity index (χ1v) is 7.99. The quantitative estimate of drug-likeness (QED) is 0.905. The topological polar surface area (TPSA) is 76.3 Å². The zero-order valence-corrected chi connectivity index (χ0v) is 12.1. The van der Waals surface area contributed by atoms with Gasteiger partial charge in [0.05, 0.1) is 0 Å². The molecular formula is C12H15N3O2S2. The normalized spacial score (nSPS) is 11.9. The van der Waals surface area contributed by atoms with Gasteiger partial charge in [0.1, 0.15) is 0 Å². The Labute approximate surface area is 116 Å². The van der Waals surface area contributed by atoms with Gasteiger partial charge in [-0.3, -0.25) is 0 Å². The Hall–Kier alpha value is -1.28. The van der Waals surface area contributed by atoms with Gasteiger partial charge in [0.2, 0.25) is 0 Å². The molecule has 102 valence electrons. The Bertz CT molecular complexity index is 622. The molecule has 19 heavy (non-hydrogen) atoms. The lowest BCUT2D eigenvalue weighted by Gasteiger charge is -2.15. The van der Waals surface area contributed by atoms with Crippen LogP contribution in [-0.2, 0) is 23.1 Å². The molecule has 2 N–H and O–H groups in total. The zero-order valence-electron chi connectivity index (χ0n) is 10.5. The van der Waals surface area contributed by atoms with Crippen LogP contribution in [0, 0.1) is 0 Å². The number of thiophene rings is 1. The number of nitrogens with two attached hydrogens (primary N) is 1. The highest BCUT2D eigenvalue weighted by Crippen LogP contribution is 2.17. The summed E-state index contributed by atoms with van der Waals surface area (Å²) in [5.41, 5.74) is 6.27. The maximum atomic E-state index is 12.3. The van der Waals surface area contributed by atoms with Gasteiger partial charge in [-0.2, -0.15) is 4.31 Å². The van der Waals surface area contributed by atoms with Crippen LogP contribution in [0.5, 0.6) is 0 Å². The number of hydrogen-bond donors (Lipinski definition) is 1. The Morgan fingerprint density at radius 2 is 2.16 bits per heavy atom. The Morgan fingerprint density at radius 1 is 1.37 bits per heavy atom. The average molecular weight is 297 g/mol. The summed E-state index contributed by atoms with van der Waals surface area (Å²) in [6, 6.07) is 6.97. The van der Waals surface area contributed by atoms with E-state index in [2.05, 4.69) is 4.98 Å². The van der Waals surface area contributed by atoms with Crippen molar-refractivity contribution in [1.82, 2.24) is 9.29 Å². The molecule has 0 saturated carbocycles. The van der Waals surface area contributed by atoms with Gasteiger partial charge in [0.15, 0.2) is 5.03 Å². The Balaban J connectivity index is 2.20. The van der Waals surface area contributed by atoms with Crippen LogP contribution >= 0.6 is 11.3 Å². The number of aromatic nitrogens is 1. The summed E-state index contributed by atoms with van der Waals surface area (Å²) in [5, 5.41) is 1.97. The van der Waals surface area contributed by atoms with Gasteiger partial charge in [-0.25, -0.2) is 13.4 Å². The molecule has 5 nitrogen and oxygen atoms in total. The van der Waals surface area contributed by atoms with Crippen LogP contribution in [0.2, 0.25) is 0 Å². The van der Waals surface area contributed by atoms with E-state index in [4.69, 9.17) is 5.73 Å². The molecule has 2 heterocycles. The minimum atomic E-state index is -3.55. The van der Waals surface area contributed by atoms with Crippen molar-refractivity contribution in [3.05, 3.63) is 46.3 Å². The van der Waals surface area contributed by atoms with Gasteiger partial charge >= 0.3 is 0 Å². The number of sulfonamides is 1.